The van der Waals surface area contributed by atoms with Gasteiger partial charge in [0.1, 0.15) is 10.6 Å². The van der Waals surface area contributed by atoms with Gasteiger partial charge in [-0.1, -0.05) is 25.0 Å². The van der Waals surface area contributed by atoms with Gasteiger partial charge in [-0.05, 0) is 61.4 Å². The molecule has 1 fully saturated rings. The molecule has 0 unspecified atom stereocenters. The Labute approximate surface area is 164 Å². The number of rotatable bonds is 5. The van der Waals surface area contributed by atoms with Crippen molar-refractivity contribution in [2.75, 3.05) is 4.72 Å². The quantitative estimate of drug-likeness (QED) is 0.643. The average Bonchev–Trinajstić information content (AvgIpc) is 3.38. The minimum atomic E-state index is -3.74. The van der Waals surface area contributed by atoms with Gasteiger partial charge in [0.2, 0.25) is 0 Å². The fraction of sp³-hybridized carbons (Fsp3) is 0.350. The highest BCUT2D eigenvalue weighted by atomic mass is 32.2. The molecule has 27 heavy (non-hydrogen) atoms. The van der Waals surface area contributed by atoms with Crippen LogP contribution in [0.4, 0.5) is 5.69 Å². The zero-order chi connectivity index (χ0) is 19.0. The maximum atomic E-state index is 13.2. The van der Waals surface area contributed by atoms with E-state index in [0.29, 0.717) is 11.4 Å². The Morgan fingerprint density at radius 3 is 2.59 bits per heavy atom. The Balaban J connectivity index is 1.75. The van der Waals surface area contributed by atoms with Gasteiger partial charge in [-0.15, -0.1) is 11.3 Å². The van der Waals surface area contributed by atoms with Gasteiger partial charge < -0.3 is 0 Å². The summed E-state index contributed by atoms with van der Waals surface area (Å²) in [7, 11) is -3.74. The maximum absolute atomic E-state index is 13.2. The number of hydrogen-bond donors (Lipinski definition) is 1. The first-order valence-electron chi connectivity index (χ1n) is 9.17. The molecule has 0 spiro atoms. The van der Waals surface area contributed by atoms with Crippen molar-refractivity contribution in [3.63, 3.8) is 0 Å². The van der Waals surface area contributed by atoms with Crippen molar-refractivity contribution < 1.29 is 8.42 Å². The van der Waals surface area contributed by atoms with Crippen LogP contribution < -0.4 is 4.72 Å². The second kappa shape index (κ2) is 7.13. The summed E-state index contributed by atoms with van der Waals surface area (Å²) in [6.07, 6.45) is 6.14. The molecule has 2 aromatic heterocycles. The summed E-state index contributed by atoms with van der Waals surface area (Å²) < 4.78 is 31.0. The highest BCUT2D eigenvalue weighted by molar-refractivity contribution is 7.92. The predicted octanol–water partition coefficient (Wildman–Crippen LogP) is 5.14. The van der Waals surface area contributed by atoms with Crippen LogP contribution in [0.3, 0.4) is 0 Å². The summed E-state index contributed by atoms with van der Waals surface area (Å²) in [4.78, 5) is 1.11. The Bertz CT molecular complexity index is 1050. The summed E-state index contributed by atoms with van der Waals surface area (Å²) in [5, 5.41) is 6.62. The van der Waals surface area contributed by atoms with Crippen molar-refractivity contribution >= 4 is 27.0 Å². The minimum absolute atomic E-state index is 0.245. The van der Waals surface area contributed by atoms with Crippen molar-refractivity contribution in [3.05, 3.63) is 53.0 Å². The second-order valence-corrected chi connectivity index (χ2v) is 9.74. The summed E-state index contributed by atoms with van der Waals surface area (Å²) in [5.74, 6) is 0. The molecule has 2 heterocycles. The van der Waals surface area contributed by atoms with Crippen molar-refractivity contribution in [2.24, 2.45) is 0 Å². The second-order valence-electron chi connectivity index (χ2n) is 7.14. The van der Waals surface area contributed by atoms with E-state index in [4.69, 9.17) is 0 Å². The number of nitrogens with one attached hydrogen (secondary N) is 1. The third kappa shape index (κ3) is 3.66. The van der Waals surface area contributed by atoms with Gasteiger partial charge in [-0.25, -0.2) is 8.42 Å². The first-order chi connectivity index (χ1) is 12.9. The lowest BCUT2D eigenvalue weighted by Gasteiger charge is -2.10. The lowest BCUT2D eigenvalue weighted by Crippen LogP contribution is -2.13. The Hall–Kier alpha value is -2.12. The molecule has 142 valence electrons. The fourth-order valence-electron chi connectivity index (χ4n) is 3.53. The van der Waals surface area contributed by atoms with Gasteiger partial charge in [-0.2, -0.15) is 5.10 Å². The molecule has 1 aromatic carbocycles. The molecule has 1 saturated carbocycles. The normalized spacial score (nSPS) is 15.3. The van der Waals surface area contributed by atoms with Gasteiger partial charge >= 0.3 is 0 Å². The number of benzene rings is 1. The molecule has 0 bridgehead atoms. The number of sulfonamides is 1. The van der Waals surface area contributed by atoms with Crippen LogP contribution >= 0.6 is 11.3 Å². The third-order valence-electron chi connectivity index (χ3n) is 5.20. The Kier molecular flexibility index (Phi) is 4.82. The molecule has 0 radical (unpaired) electrons. The van der Waals surface area contributed by atoms with E-state index in [0.717, 1.165) is 28.8 Å². The number of nitrogens with zero attached hydrogens (tertiary/aromatic N) is 2. The number of thiophene rings is 1. The van der Waals surface area contributed by atoms with E-state index in [-0.39, 0.29) is 10.9 Å². The molecule has 0 aliphatic heterocycles. The van der Waals surface area contributed by atoms with Gasteiger partial charge in [-0.3, -0.25) is 9.40 Å². The monoisotopic (exact) mass is 401 g/mol. The Morgan fingerprint density at radius 2 is 1.93 bits per heavy atom. The summed E-state index contributed by atoms with van der Waals surface area (Å²) in [5.41, 5.74) is 3.29. The largest absolute Gasteiger partial charge is 0.280 e. The lowest BCUT2D eigenvalue weighted by atomic mass is 10.1. The number of anilines is 1. The predicted molar refractivity (Wildman–Crippen MR) is 110 cm³/mol. The lowest BCUT2D eigenvalue weighted by molar-refractivity contribution is 0.467. The van der Waals surface area contributed by atoms with E-state index in [1.54, 1.807) is 12.3 Å². The molecule has 0 atom stereocenters. The standard InChI is InChI=1S/C20H23N3O2S2/c1-14-9-10-16(12-15(14)2)22-27(24,25)19-13-23(17-6-3-4-7-17)21-20(19)18-8-5-11-26-18/h5,8-13,17,22H,3-4,6-7H2,1-2H3. The van der Waals surface area contributed by atoms with E-state index in [2.05, 4.69) is 9.82 Å². The van der Waals surface area contributed by atoms with E-state index < -0.39 is 10.0 Å². The highest BCUT2D eigenvalue weighted by Gasteiger charge is 2.27. The van der Waals surface area contributed by atoms with Crippen LogP contribution in [-0.4, -0.2) is 18.2 Å². The van der Waals surface area contributed by atoms with Crippen LogP contribution in [0.25, 0.3) is 10.6 Å². The summed E-state index contributed by atoms with van der Waals surface area (Å²) in [6, 6.07) is 9.71. The molecule has 1 N–H and O–H groups in total. The molecule has 7 heteroatoms. The van der Waals surface area contributed by atoms with Crippen molar-refractivity contribution in [2.45, 2.75) is 50.5 Å². The Morgan fingerprint density at radius 1 is 1.15 bits per heavy atom. The van der Waals surface area contributed by atoms with Crippen LogP contribution in [0.2, 0.25) is 0 Å². The van der Waals surface area contributed by atoms with E-state index in [1.807, 2.05) is 48.2 Å². The maximum Gasteiger partial charge on any atom is 0.265 e. The third-order valence-corrected chi connectivity index (χ3v) is 7.46. The van der Waals surface area contributed by atoms with Crippen LogP contribution in [0.1, 0.15) is 42.9 Å². The molecular formula is C20H23N3O2S2. The first-order valence-corrected chi connectivity index (χ1v) is 11.5. The number of aromatic nitrogens is 2. The molecule has 0 amide bonds. The smallest absolute Gasteiger partial charge is 0.265 e. The van der Waals surface area contributed by atoms with Gasteiger partial charge in [0.05, 0.1) is 10.9 Å². The summed E-state index contributed by atoms with van der Waals surface area (Å²) >= 11 is 1.50. The summed E-state index contributed by atoms with van der Waals surface area (Å²) in [6.45, 7) is 3.98. The zero-order valence-corrected chi connectivity index (χ0v) is 17.1. The highest BCUT2D eigenvalue weighted by Crippen LogP contribution is 2.35. The fourth-order valence-corrected chi connectivity index (χ4v) is 5.51. The van der Waals surface area contributed by atoms with Crippen molar-refractivity contribution in [3.8, 4) is 10.6 Å². The molecule has 3 aromatic rings. The first kappa shape index (κ1) is 18.3. The van der Waals surface area contributed by atoms with Crippen LogP contribution in [0.5, 0.6) is 0 Å². The van der Waals surface area contributed by atoms with Crippen molar-refractivity contribution in [1.82, 2.24) is 9.78 Å². The van der Waals surface area contributed by atoms with Crippen LogP contribution in [-0.2, 0) is 10.0 Å². The van der Waals surface area contributed by atoms with E-state index >= 15 is 0 Å². The van der Waals surface area contributed by atoms with Crippen LogP contribution in [0.15, 0.2) is 46.8 Å². The molecule has 5 nitrogen and oxygen atoms in total. The van der Waals surface area contributed by atoms with E-state index in [1.165, 1.54) is 24.2 Å². The van der Waals surface area contributed by atoms with E-state index in [9.17, 15) is 8.42 Å². The van der Waals surface area contributed by atoms with Crippen LogP contribution in [0, 0.1) is 13.8 Å². The topological polar surface area (TPSA) is 64.0 Å². The van der Waals surface area contributed by atoms with Gasteiger partial charge in [0, 0.05) is 11.9 Å². The number of hydrogen-bond acceptors (Lipinski definition) is 4. The molecular weight excluding hydrogens is 378 g/mol. The molecule has 4 rings (SSSR count). The minimum Gasteiger partial charge on any atom is -0.280 e. The molecule has 1 aliphatic carbocycles. The van der Waals surface area contributed by atoms with Gasteiger partial charge in [0.15, 0.2) is 0 Å². The van der Waals surface area contributed by atoms with Gasteiger partial charge in [0.25, 0.3) is 10.0 Å². The number of aryl methyl sites for hydroxylation is 2. The molecule has 1 aliphatic rings. The SMILES string of the molecule is Cc1ccc(NS(=O)(=O)c2cn(C3CCCC3)nc2-c2cccs2)cc1C. The molecule has 0 saturated heterocycles. The zero-order valence-electron chi connectivity index (χ0n) is 15.5. The van der Waals surface area contributed by atoms with Crippen molar-refractivity contribution in [1.29, 1.82) is 0 Å². The average molecular weight is 402 g/mol.